The predicted octanol–water partition coefficient (Wildman–Crippen LogP) is 2.50. The molecule has 1 N–H and O–H groups in total. The van der Waals surface area contributed by atoms with Gasteiger partial charge in [-0.1, -0.05) is 13.8 Å². The lowest BCUT2D eigenvalue weighted by Crippen LogP contribution is -2.25. The molecule has 3 nitrogen and oxygen atoms in total. The number of aliphatic carboxylic acids is 1. The molecule has 0 saturated heterocycles. The molecular weight excluding hydrogens is 230 g/mol. The van der Waals surface area contributed by atoms with Crippen LogP contribution in [0.5, 0.6) is 0 Å². The third kappa shape index (κ3) is 3.09. The highest BCUT2D eigenvalue weighted by atomic mass is 19.1. The van der Waals surface area contributed by atoms with E-state index in [1.54, 1.807) is 0 Å². The van der Waals surface area contributed by atoms with Gasteiger partial charge in [0.05, 0.1) is 5.92 Å². The van der Waals surface area contributed by atoms with Gasteiger partial charge in [0.2, 0.25) is 0 Å². The summed E-state index contributed by atoms with van der Waals surface area (Å²) in [5.41, 5.74) is -0.150. The van der Waals surface area contributed by atoms with Gasteiger partial charge < -0.3 is 5.11 Å². The molecule has 1 rings (SSSR count). The first kappa shape index (κ1) is 13.3. The lowest BCUT2D eigenvalue weighted by atomic mass is 9.88. The first-order valence-electron chi connectivity index (χ1n) is 5.06. The summed E-state index contributed by atoms with van der Waals surface area (Å²) in [7, 11) is 0. The fourth-order valence-corrected chi connectivity index (χ4v) is 1.40. The van der Waals surface area contributed by atoms with Gasteiger partial charge in [-0.2, -0.15) is 0 Å². The van der Waals surface area contributed by atoms with Crippen LogP contribution in [-0.4, -0.2) is 16.9 Å². The molecular formula is C12H12F2O3. The molecule has 2 atom stereocenters. The molecule has 0 aliphatic heterocycles. The average Bonchev–Trinajstić information content (AvgIpc) is 2.24. The van der Waals surface area contributed by atoms with Crippen LogP contribution in [0, 0.1) is 23.5 Å². The number of carboxylic acids is 1. The maximum Gasteiger partial charge on any atom is 0.306 e. The van der Waals surface area contributed by atoms with Crippen molar-refractivity contribution in [3.63, 3.8) is 0 Å². The number of hydrogen-bond acceptors (Lipinski definition) is 2. The number of benzene rings is 1. The molecule has 92 valence electrons. The second-order valence-electron chi connectivity index (χ2n) is 3.94. The number of carbonyl (C=O) groups is 2. The van der Waals surface area contributed by atoms with Crippen molar-refractivity contribution in [2.24, 2.45) is 11.8 Å². The van der Waals surface area contributed by atoms with Crippen LogP contribution in [-0.2, 0) is 4.79 Å². The third-order valence-electron chi connectivity index (χ3n) is 2.70. The van der Waals surface area contributed by atoms with E-state index in [-0.39, 0.29) is 5.56 Å². The van der Waals surface area contributed by atoms with Gasteiger partial charge >= 0.3 is 5.97 Å². The smallest absolute Gasteiger partial charge is 0.306 e. The van der Waals surface area contributed by atoms with Gasteiger partial charge in [0.1, 0.15) is 11.6 Å². The van der Waals surface area contributed by atoms with Crippen molar-refractivity contribution in [2.75, 3.05) is 0 Å². The van der Waals surface area contributed by atoms with E-state index >= 15 is 0 Å². The Morgan fingerprint density at radius 3 is 1.94 bits per heavy atom. The van der Waals surface area contributed by atoms with E-state index < -0.39 is 35.2 Å². The molecule has 0 fully saturated rings. The normalized spacial score (nSPS) is 14.1. The Kier molecular flexibility index (Phi) is 3.93. The number of halogens is 2. The molecule has 17 heavy (non-hydrogen) atoms. The largest absolute Gasteiger partial charge is 0.481 e. The van der Waals surface area contributed by atoms with E-state index in [1.807, 2.05) is 0 Å². The van der Waals surface area contributed by atoms with Gasteiger partial charge in [0, 0.05) is 17.5 Å². The van der Waals surface area contributed by atoms with E-state index in [9.17, 15) is 18.4 Å². The van der Waals surface area contributed by atoms with E-state index in [0.717, 1.165) is 12.1 Å². The summed E-state index contributed by atoms with van der Waals surface area (Å²) < 4.78 is 25.8. The van der Waals surface area contributed by atoms with Crippen LogP contribution in [0.4, 0.5) is 8.78 Å². The van der Waals surface area contributed by atoms with Crippen molar-refractivity contribution in [2.45, 2.75) is 13.8 Å². The fourth-order valence-electron chi connectivity index (χ4n) is 1.40. The van der Waals surface area contributed by atoms with Crippen molar-refractivity contribution in [3.8, 4) is 0 Å². The van der Waals surface area contributed by atoms with E-state index in [2.05, 4.69) is 0 Å². The monoisotopic (exact) mass is 242 g/mol. The number of ketones is 1. The van der Waals surface area contributed by atoms with Gasteiger partial charge in [0.25, 0.3) is 0 Å². The standard InChI is InChI=1S/C12H12F2O3/c1-6(7(2)12(16)17)11(15)8-3-9(13)5-10(14)4-8/h3-7H,1-2H3,(H,16,17). The molecule has 0 aliphatic rings. The zero-order chi connectivity index (χ0) is 13.2. The summed E-state index contributed by atoms with van der Waals surface area (Å²) in [5.74, 6) is -5.17. The van der Waals surface area contributed by atoms with Crippen molar-refractivity contribution in [1.82, 2.24) is 0 Å². The Bertz CT molecular complexity index is 437. The van der Waals surface area contributed by atoms with E-state index in [4.69, 9.17) is 5.11 Å². The van der Waals surface area contributed by atoms with Crippen LogP contribution in [0.1, 0.15) is 24.2 Å². The molecule has 0 amide bonds. The number of Topliss-reactive ketones (excluding diaryl/α,β-unsaturated/α-hetero) is 1. The number of carboxylic acid groups (broad SMARTS) is 1. The molecule has 5 heteroatoms. The van der Waals surface area contributed by atoms with Crippen LogP contribution >= 0.6 is 0 Å². The Morgan fingerprint density at radius 2 is 1.53 bits per heavy atom. The summed E-state index contributed by atoms with van der Waals surface area (Å²) in [6, 6.07) is 2.45. The Hall–Kier alpha value is -1.78. The molecule has 1 aromatic carbocycles. The van der Waals surface area contributed by atoms with Crippen molar-refractivity contribution in [3.05, 3.63) is 35.4 Å². The molecule has 0 bridgehead atoms. The number of hydrogen-bond donors (Lipinski definition) is 1. The van der Waals surface area contributed by atoms with Gasteiger partial charge in [-0.05, 0) is 12.1 Å². The SMILES string of the molecule is CC(C(=O)O)C(C)C(=O)c1cc(F)cc(F)c1. The highest BCUT2D eigenvalue weighted by Gasteiger charge is 2.27. The number of carbonyl (C=O) groups excluding carboxylic acids is 1. The van der Waals surface area contributed by atoms with Crippen molar-refractivity contribution < 1.29 is 23.5 Å². The van der Waals surface area contributed by atoms with Crippen LogP contribution in [0.25, 0.3) is 0 Å². The van der Waals surface area contributed by atoms with E-state index in [0.29, 0.717) is 6.07 Å². The van der Waals surface area contributed by atoms with Crippen molar-refractivity contribution >= 4 is 11.8 Å². The second kappa shape index (κ2) is 5.03. The third-order valence-corrected chi connectivity index (χ3v) is 2.70. The molecule has 0 spiro atoms. The summed E-state index contributed by atoms with van der Waals surface area (Å²) in [4.78, 5) is 22.5. The quantitative estimate of drug-likeness (QED) is 0.825. The van der Waals surface area contributed by atoms with Crippen LogP contribution < -0.4 is 0 Å². The minimum Gasteiger partial charge on any atom is -0.481 e. The zero-order valence-corrected chi connectivity index (χ0v) is 9.41. The highest BCUT2D eigenvalue weighted by molar-refractivity contribution is 5.99. The summed E-state index contributed by atoms with van der Waals surface area (Å²) in [6.07, 6.45) is 0. The Balaban J connectivity index is 3.00. The van der Waals surface area contributed by atoms with Gasteiger partial charge in [-0.3, -0.25) is 9.59 Å². The zero-order valence-electron chi connectivity index (χ0n) is 9.41. The van der Waals surface area contributed by atoms with Gasteiger partial charge in [-0.15, -0.1) is 0 Å². The second-order valence-corrected chi connectivity index (χ2v) is 3.94. The summed E-state index contributed by atoms with van der Waals surface area (Å²) in [5, 5.41) is 8.76. The first-order valence-corrected chi connectivity index (χ1v) is 5.06. The van der Waals surface area contributed by atoms with Crippen LogP contribution in [0.2, 0.25) is 0 Å². The molecule has 1 aromatic rings. The minimum absolute atomic E-state index is 0.150. The molecule has 2 unspecified atom stereocenters. The topological polar surface area (TPSA) is 54.4 Å². The Labute approximate surface area is 97.1 Å². The fraction of sp³-hybridized carbons (Fsp3) is 0.333. The van der Waals surface area contributed by atoms with Gasteiger partial charge in [-0.25, -0.2) is 8.78 Å². The minimum atomic E-state index is -1.12. The van der Waals surface area contributed by atoms with E-state index in [1.165, 1.54) is 13.8 Å². The highest BCUT2D eigenvalue weighted by Crippen LogP contribution is 2.19. The molecule has 0 radical (unpaired) electrons. The van der Waals surface area contributed by atoms with Crippen molar-refractivity contribution in [1.29, 1.82) is 0 Å². The molecule has 0 aromatic heterocycles. The number of rotatable bonds is 4. The lowest BCUT2D eigenvalue weighted by Gasteiger charge is -2.14. The maximum absolute atomic E-state index is 12.9. The summed E-state index contributed by atoms with van der Waals surface area (Å²) >= 11 is 0. The maximum atomic E-state index is 12.9. The summed E-state index contributed by atoms with van der Waals surface area (Å²) in [6.45, 7) is 2.80. The van der Waals surface area contributed by atoms with Gasteiger partial charge in [0.15, 0.2) is 5.78 Å². The lowest BCUT2D eigenvalue weighted by molar-refractivity contribution is -0.142. The average molecular weight is 242 g/mol. The molecule has 0 aliphatic carbocycles. The molecule has 0 saturated carbocycles. The predicted molar refractivity (Wildman–Crippen MR) is 56.7 cm³/mol. The molecule has 0 heterocycles. The van der Waals surface area contributed by atoms with Crippen LogP contribution in [0.3, 0.4) is 0 Å². The Morgan fingerprint density at radius 1 is 1.06 bits per heavy atom. The first-order chi connectivity index (χ1) is 7.82. The van der Waals surface area contributed by atoms with Crippen LogP contribution in [0.15, 0.2) is 18.2 Å².